The molecular weight excluding hydrogens is 386 g/mol. The number of anilines is 1. The van der Waals surface area contributed by atoms with Gasteiger partial charge in [0, 0.05) is 23.1 Å². The zero-order valence-electron chi connectivity index (χ0n) is 18.8. The number of carbonyl (C=O) groups is 2. The van der Waals surface area contributed by atoms with E-state index in [4.69, 9.17) is 0 Å². The van der Waals surface area contributed by atoms with Crippen LogP contribution in [0.25, 0.3) is 10.9 Å². The maximum atomic E-state index is 13.9. The second-order valence-electron chi connectivity index (χ2n) is 9.01. The van der Waals surface area contributed by atoms with Gasteiger partial charge in [-0.3, -0.25) is 14.5 Å². The smallest absolute Gasteiger partial charge is 0.275 e. The lowest BCUT2D eigenvalue weighted by molar-refractivity contribution is -0.126. The highest BCUT2D eigenvalue weighted by atomic mass is 16.2. The van der Waals surface area contributed by atoms with E-state index in [9.17, 15) is 9.59 Å². The molecule has 0 unspecified atom stereocenters. The summed E-state index contributed by atoms with van der Waals surface area (Å²) >= 11 is 0. The Morgan fingerprint density at radius 1 is 1.13 bits per heavy atom. The van der Waals surface area contributed by atoms with Crippen molar-refractivity contribution in [2.45, 2.75) is 52.6 Å². The molecule has 0 spiro atoms. The number of nitrogens with zero attached hydrogens (tertiary/aromatic N) is 2. The Labute approximate surface area is 184 Å². The number of carbonyl (C=O) groups excluding carboxylic acids is 2. The number of nitrogens with one attached hydrogen (secondary N) is 1. The van der Waals surface area contributed by atoms with E-state index in [1.54, 1.807) is 4.90 Å². The number of aryl methyl sites for hydroxylation is 1. The predicted octanol–water partition coefficient (Wildman–Crippen LogP) is 4.79. The maximum Gasteiger partial charge on any atom is 0.275 e. The summed E-state index contributed by atoms with van der Waals surface area (Å²) in [6, 6.07) is 17.8. The molecule has 2 amide bonds. The third-order valence-corrected chi connectivity index (χ3v) is 6.30. The van der Waals surface area contributed by atoms with Gasteiger partial charge in [0.25, 0.3) is 5.91 Å². The molecule has 2 heterocycles. The largest absolute Gasteiger partial charge is 0.354 e. The van der Waals surface area contributed by atoms with E-state index in [-0.39, 0.29) is 11.8 Å². The van der Waals surface area contributed by atoms with Gasteiger partial charge >= 0.3 is 0 Å². The Balaban J connectivity index is 1.85. The second kappa shape index (κ2) is 8.22. The quantitative estimate of drug-likeness (QED) is 0.627. The van der Waals surface area contributed by atoms with Crippen LogP contribution >= 0.6 is 0 Å². The fraction of sp³-hybridized carbons (Fsp3) is 0.385. The van der Waals surface area contributed by atoms with Crippen molar-refractivity contribution in [3.05, 3.63) is 65.9 Å². The molecule has 162 valence electrons. The van der Waals surface area contributed by atoms with E-state index < -0.39 is 5.54 Å². The molecule has 3 aromatic rings. The lowest BCUT2D eigenvalue weighted by Crippen LogP contribution is -2.64. The number of amides is 2. The molecule has 0 radical (unpaired) electrons. The molecule has 0 saturated heterocycles. The highest BCUT2D eigenvalue weighted by molar-refractivity contribution is 6.14. The minimum absolute atomic E-state index is 0.115. The zero-order valence-corrected chi connectivity index (χ0v) is 18.8. The van der Waals surface area contributed by atoms with Crippen molar-refractivity contribution in [1.29, 1.82) is 0 Å². The standard InChI is InChI=1S/C26H31N3O2/c1-5-19-10-6-9-13-22(19)29-24(30)23-16-20-11-7-8-12-21(20)28(23)17-26(29,4)25(31)27-15-14-18(2)3/h6-13,16,18H,5,14-15,17H2,1-4H3,(H,27,31)/t26-/m1/s1. The number of benzene rings is 2. The topological polar surface area (TPSA) is 54.3 Å². The normalized spacial score (nSPS) is 18.5. The summed E-state index contributed by atoms with van der Waals surface area (Å²) in [6.45, 7) is 9.25. The second-order valence-corrected chi connectivity index (χ2v) is 9.01. The Morgan fingerprint density at radius 3 is 2.58 bits per heavy atom. The minimum Gasteiger partial charge on any atom is -0.354 e. The number of para-hydroxylation sites is 2. The van der Waals surface area contributed by atoms with E-state index in [2.05, 4.69) is 26.1 Å². The monoisotopic (exact) mass is 417 g/mol. The van der Waals surface area contributed by atoms with Gasteiger partial charge in [0.2, 0.25) is 5.91 Å². The van der Waals surface area contributed by atoms with Gasteiger partial charge < -0.3 is 9.88 Å². The number of aromatic nitrogens is 1. The van der Waals surface area contributed by atoms with Crippen LogP contribution in [0.1, 0.15) is 50.2 Å². The van der Waals surface area contributed by atoms with E-state index in [0.29, 0.717) is 24.7 Å². The van der Waals surface area contributed by atoms with Gasteiger partial charge in [0.05, 0.1) is 6.54 Å². The Kier molecular flexibility index (Phi) is 5.61. The molecular formula is C26H31N3O2. The highest BCUT2D eigenvalue weighted by Crippen LogP contribution is 2.37. The van der Waals surface area contributed by atoms with Gasteiger partial charge in [-0.1, -0.05) is 57.2 Å². The fourth-order valence-corrected chi connectivity index (χ4v) is 4.52. The average Bonchev–Trinajstić information content (AvgIpc) is 3.12. The van der Waals surface area contributed by atoms with Crippen LogP contribution < -0.4 is 10.2 Å². The van der Waals surface area contributed by atoms with Crippen molar-refractivity contribution in [2.24, 2.45) is 5.92 Å². The first-order valence-corrected chi connectivity index (χ1v) is 11.2. The van der Waals surface area contributed by atoms with Gasteiger partial charge in [-0.25, -0.2) is 0 Å². The Hall–Kier alpha value is -3.08. The van der Waals surface area contributed by atoms with Crippen molar-refractivity contribution in [1.82, 2.24) is 9.88 Å². The molecule has 1 aliphatic heterocycles. The van der Waals surface area contributed by atoms with Crippen molar-refractivity contribution >= 4 is 28.4 Å². The summed E-state index contributed by atoms with van der Waals surface area (Å²) in [5.74, 6) is 0.249. The SMILES string of the molecule is CCc1ccccc1N1C(=O)c2cc3ccccc3n2C[C@]1(C)C(=O)NCCC(C)C. The van der Waals surface area contributed by atoms with Gasteiger partial charge in [0.15, 0.2) is 0 Å². The molecule has 5 nitrogen and oxygen atoms in total. The van der Waals surface area contributed by atoms with Crippen LogP contribution in [0.2, 0.25) is 0 Å². The summed E-state index contributed by atoms with van der Waals surface area (Å²) in [7, 11) is 0. The fourth-order valence-electron chi connectivity index (χ4n) is 4.52. The average molecular weight is 418 g/mol. The van der Waals surface area contributed by atoms with E-state index >= 15 is 0 Å². The van der Waals surface area contributed by atoms with Gasteiger partial charge in [-0.05, 0) is 49.4 Å². The molecule has 1 aromatic heterocycles. The lowest BCUT2D eigenvalue weighted by atomic mass is 9.92. The number of rotatable bonds is 6. The molecule has 1 aliphatic rings. The van der Waals surface area contributed by atoms with Crippen LogP contribution in [-0.2, 0) is 17.8 Å². The molecule has 2 aromatic carbocycles. The van der Waals surface area contributed by atoms with Crippen LogP contribution in [0.5, 0.6) is 0 Å². The molecule has 4 rings (SSSR count). The molecule has 1 N–H and O–H groups in total. The molecule has 0 fully saturated rings. The van der Waals surface area contributed by atoms with Crippen molar-refractivity contribution in [3.8, 4) is 0 Å². The predicted molar refractivity (Wildman–Crippen MR) is 125 cm³/mol. The van der Waals surface area contributed by atoms with E-state index in [0.717, 1.165) is 35.0 Å². The van der Waals surface area contributed by atoms with Crippen molar-refractivity contribution in [2.75, 3.05) is 11.4 Å². The van der Waals surface area contributed by atoms with E-state index in [1.165, 1.54) is 0 Å². The summed E-state index contributed by atoms with van der Waals surface area (Å²) in [5, 5.41) is 4.12. The van der Waals surface area contributed by atoms with Crippen molar-refractivity contribution in [3.63, 3.8) is 0 Å². The Morgan fingerprint density at radius 2 is 1.84 bits per heavy atom. The minimum atomic E-state index is -1.03. The van der Waals surface area contributed by atoms with Crippen LogP contribution in [-0.4, -0.2) is 28.5 Å². The summed E-state index contributed by atoms with van der Waals surface area (Å²) in [5.41, 5.74) is 2.44. The third kappa shape index (κ3) is 3.62. The first-order chi connectivity index (χ1) is 14.9. The first-order valence-electron chi connectivity index (χ1n) is 11.2. The summed E-state index contributed by atoms with van der Waals surface area (Å²) in [4.78, 5) is 29.2. The lowest BCUT2D eigenvalue weighted by Gasteiger charge is -2.44. The number of hydrogen-bond acceptors (Lipinski definition) is 2. The highest BCUT2D eigenvalue weighted by Gasteiger charge is 2.48. The first kappa shape index (κ1) is 21.2. The maximum absolute atomic E-state index is 13.9. The van der Waals surface area contributed by atoms with Crippen molar-refractivity contribution < 1.29 is 9.59 Å². The number of fused-ring (bicyclic) bond motifs is 3. The van der Waals surface area contributed by atoms with E-state index in [1.807, 2.05) is 66.1 Å². The van der Waals surface area contributed by atoms with Gasteiger partial charge in [-0.2, -0.15) is 0 Å². The molecule has 31 heavy (non-hydrogen) atoms. The molecule has 0 saturated carbocycles. The van der Waals surface area contributed by atoms with Crippen LogP contribution in [0.4, 0.5) is 5.69 Å². The molecule has 5 heteroatoms. The van der Waals surface area contributed by atoms with Gasteiger partial charge in [-0.15, -0.1) is 0 Å². The zero-order chi connectivity index (χ0) is 22.2. The molecule has 1 atom stereocenters. The third-order valence-electron chi connectivity index (χ3n) is 6.30. The summed E-state index contributed by atoms with van der Waals surface area (Å²) in [6.07, 6.45) is 1.69. The molecule has 0 aliphatic carbocycles. The van der Waals surface area contributed by atoms with Crippen LogP contribution in [0, 0.1) is 5.92 Å². The van der Waals surface area contributed by atoms with Crippen LogP contribution in [0.15, 0.2) is 54.6 Å². The number of hydrogen-bond donors (Lipinski definition) is 1. The van der Waals surface area contributed by atoms with Crippen LogP contribution in [0.3, 0.4) is 0 Å². The Bertz CT molecular complexity index is 1130. The summed E-state index contributed by atoms with van der Waals surface area (Å²) < 4.78 is 2.00. The van der Waals surface area contributed by atoms with Gasteiger partial charge in [0.1, 0.15) is 11.2 Å². The molecule has 0 bridgehead atoms.